The number of non-ortho nitro benzene ring substituents is 1. The number of piperazine rings is 1. The second kappa shape index (κ2) is 13.5. The van der Waals surface area contributed by atoms with Crippen LogP contribution in [0, 0.1) is 16.0 Å². The number of sulfonamides is 1. The smallest absolute Gasteiger partial charge is 0.409 e. The van der Waals surface area contributed by atoms with Crippen molar-refractivity contribution in [2.75, 3.05) is 48.9 Å². The molecule has 44 heavy (non-hydrogen) atoms. The molecule has 2 atom stereocenters. The van der Waals surface area contributed by atoms with Gasteiger partial charge in [-0.25, -0.2) is 13.2 Å². The third kappa shape index (κ3) is 7.32. The molecule has 0 saturated carbocycles. The van der Waals surface area contributed by atoms with E-state index in [4.69, 9.17) is 16.3 Å². The van der Waals surface area contributed by atoms with Gasteiger partial charge in [0.25, 0.3) is 5.69 Å². The highest BCUT2D eigenvalue weighted by molar-refractivity contribution is 7.93. The Morgan fingerprint density at radius 3 is 2.43 bits per heavy atom. The summed E-state index contributed by atoms with van der Waals surface area (Å²) in [7, 11) is -3.81. The molecule has 0 aliphatic carbocycles. The molecule has 0 amide bonds. The van der Waals surface area contributed by atoms with Crippen molar-refractivity contribution in [2.45, 2.75) is 38.0 Å². The van der Waals surface area contributed by atoms with Crippen molar-refractivity contribution in [1.29, 1.82) is 0 Å². The zero-order valence-corrected chi connectivity index (χ0v) is 26.1. The first-order valence-corrected chi connectivity index (χ1v) is 16.5. The molecule has 13 nitrogen and oxygen atoms in total. The number of piperidine rings is 1. The van der Waals surface area contributed by atoms with Crippen LogP contribution >= 0.6 is 11.6 Å². The van der Waals surface area contributed by atoms with Gasteiger partial charge in [0.15, 0.2) is 5.82 Å². The fraction of sp³-hybridized carbons (Fsp3) is 0.448. The van der Waals surface area contributed by atoms with Crippen LogP contribution in [0.3, 0.4) is 0 Å². The Morgan fingerprint density at radius 1 is 1.09 bits per heavy atom. The molecule has 15 heteroatoms. The van der Waals surface area contributed by atoms with Gasteiger partial charge in [-0.1, -0.05) is 17.7 Å². The van der Waals surface area contributed by atoms with Crippen LogP contribution in [0.25, 0.3) is 0 Å². The Bertz CT molecular complexity index is 1590. The van der Waals surface area contributed by atoms with Crippen molar-refractivity contribution in [2.24, 2.45) is 5.92 Å². The zero-order chi connectivity index (χ0) is 31.4. The van der Waals surface area contributed by atoms with E-state index in [0.29, 0.717) is 31.0 Å². The Balaban J connectivity index is 1.16. The molecule has 2 saturated heterocycles. The number of halogens is 1. The van der Waals surface area contributed by atoms with Gasteiger partial charge in [-0.15, -0.1) is 5.10 Å². The molecule has 2 aliphatic heterocycles. The van der Waals surface area contributed by atoms with Crippen molar-refractivity contribution in [1.82, 2.24) is 20.0 Å². The van der Waals surface area contributed by atoms with Crippen molar-refractivity contribution >= 4 is 44.9 Å². The second-order valence-corrected chi connectivity index (χ2v) is 13.6. The molecular weight excluding hydrogens is 610 g/mol. The molecule has 3 heterocycles. The maximum atomic E-state index is 13.3. The summed E-state index contributed by atoms with van der Waals surface area (Å²) >= 11 is 6.63. The number of hydrogen-bond acceptors (Lipinski definition) is 10. The van der Waals surface area contributed by atoms with Gasteiger partial charge < -0.3 is 15.0 Å². The van der Waals surface area contributed by atoms with Gasteiger partial charge in [-0.2, -0.15) is 4.68 Å². The number of nitrogens with one attached hydrogen (secondary N) is 2. The molecular formula is C29H36ClN7O6S. The number of nitro groups is 1. The molecule has 2 unspecified atom stereocenters. The fourth-order valence-corrected chi connectivity index (χ4v) is 7.28. The van der Waals surface area contributed by atoms with Gasteiger partial charge in [0.05, 0.1) is 20.9 Å². The number of hydrogen-bond donors (Lipinski definition) is 2. The lowest BCUT2D eigenvalue weighted by atomic mass is 9.93. The lowest BCUT2D eigenvalue weighted by molar-refractivity contribution is -0.384. The van der Waals surface area contributed by atoms with E-state index < -0.39 is 26.3 Å². The summed E-state index contributed by atoms with van der Waals surface area (Å²) in [6.07, 6.45) is 1.72. The lowest BCUT2D eigenvalue weighted by Crippen LogP contribution is -2.44. The van der Waals surface area contributed by atoms with Crippen LogP contribution < -0.4 is 19.7 Å². The van der Waals surface area contributed by atoms with E-state index in [9.17, 15) is 23.3 Å². The molecule has 2 N–H and O–H groups in total. The van der Waals surface area contributed by atoms with Crippen LogP contribution in [0.2, 0.25) is 5.02 Å². The first kappa shape index (κ1) is 31.7. The second-order valence-electron chi connectivity index (χ2n) is 11.1. The highest BCUT2D eigenvalue weighted by Gasteiger charge is 2.33. The third-order valence-corrected chi connectivity index (χ3v) is 10.6. The average molecular weight is 646 g/mol. The number of rotatable bonds is 9. The molecule has 2 aromatic carbocycles. The van der Waals surface area contributed by atoms with Gasteiger partial charge in [0, 0.05) is 69.7 Å². The number of anilines is 2. The van der Waals surface area contributed by atoms with Crippen molar-refractivity contribution < 1.29 is 22.9 Å². The van der Waals surface area contributed by atoms with Gasteiger partial charge in [0.2, 0.25) is 10.0 Å². The first-order chi connectivity index (χ1) is 21.0. The molecule has 236 valence electrons. The number of nitrogens with zero attached hydrogens (tertiary/aromatic N) is 5. The molecule has 0 radical (unpaired) electrons. The summed E-state index contributed by atoms with van der Waals surface area (Å²) in [6, 6.07) is 12.8. The van der Waals surface area contributed by atoms with E-state index >= 15 is 0 Å². The predicted molar refractivity (Wildman–Crippen MR) is 168 cm³/mol. The van der Waals surface area contributed by atoms with E-state index in [1.54, 1.807) is 6.92 Å². The fourth-order valence-electron chi connectivity index (χ4n) is 5.68. The molecule has 2 fully saturated rings. The number of ether oxygens (including phenoxy) is 1. The Hall–Kier alpha value is -3.72. The minimum absolute atomic E-state index is 0.0165. The van der Waals surface area contributed by atoms with Crippen molar-refractivity contribution in [3.05, 3.63) is 75.4 Å². The normalized spacial score (nSPS) is 18.0. The molecule has 0 spiro atoms. The SMILES string of the molecule is CC(c1ccc(Cl)c(N2CCC(C(C)S(=O)(=O)Nc3ccn(C(=O)Oc4ccc([N+](=O)[O-])cc4)n3)CC2)c1)N1CCNCC1. The lowest BCUT2D eigenvalue weighted by Gasteiger charge is -2.37. The Kier molecular flexibility index (Phi) is 9.73. The summed E-state index contributed by atoms with van der Waals surface area (Å²) in [4.78, 5) is 27.4. The summed E-state index contributed by atoms with van der Waals surface area (Å²) in [5.41, 5.74) is 2.04. The molecule has 5 rings (SSSR count). The van der Waals surface area contributed by atoms with Gasteiger partial charge in [-0.05, 0) is 62.4 Å². The number of aromatic nitrogens is 2. The average Bonchev–Trinajstić information content (AvgIpc) is 3.49. The van der Waals surface area contributed by atoms with E-state index in [0.717, 1.165) is 36.5 Å². The van der Waals surface area contributed by atoms with E-state index in [1.165, 1.54) is 42.1 Å². The van der Waals surface area contributed by atoms with Gasteiger partial charge in [0.1, 0.15) is 5.75 Å². The van der Waals surface area contributed by atoms with Crippen LogP contribution in [-0.2, 0) is 10.0 Å². The summed E-state index contributed by atoms with van der Waals surface area (Å²) < 4.78 is 35.0. The Morgan fingerprint density at radius 2 is 1.77 bits per heavy atom. The predicted octanol–water partition coefficient (Wildman–Crippen LogP) is 4.50. The van der Waals surface area contributed by atoms with Crippen LogP contribution in [-0.4, -0.2) is 78.6 Å². The number of nitro benzene ring substituents is 1. The summed E-state index contributed by atoms with van der Waals surface area (Å²) in [5, 5.41) is 18.2. The highest BCUT2D eigenvalue weighted by Crippen LogP contribution is 2.35. The maximum absolute atomic E-state index is 13.3. The topological polar surface area (TPSA) is 152 Å². The highest BCUT2D eigenvalue weighted by atomic mass is 35.5. The molecule has 1 aromatic heterocycles. The molecule has 3 aromatic rings. The quantitative estimate of drug-likeness (QED) is 0.251. The number of carbonyl (C=O) groups is 1. The molecule has 0 bridgehead atoms. The minimum atomic E-state index is -3.81. The van der Waals surface area contributed by atoms with Crippen LogP contribution in [0.1, 0.15) is 38.3 Å². The number of benzene rings is 2. The van der Waals surface area contributed by atoms with Crippen molar-refractivity contribution in [3.8, 4) is 5.75 Å². The van der Waals surface area contributed by atoms with Crippen LogP contribution in [0.15, 0.2) is 54.7 Å². The standard InChI is InChI=1S/C29H36ClN7O6S/c1-20(34-17-12-31-13-18-34)23-3-8-26(30)27(19-23)35-14-9-22(10-15-35)21(2)44(41,42)33-28-11-16-36(32-28)29(38)43-25-6-4-24(5-7-25)37(39)40/h3-8,11,16,19-22,31H,9-10,12-15,17-18H2,1-2H3,(H,32,33). The van der Waals surface area contributed by atoms with Gasteiger partial charge >= 0.3 is 6.09 Å². The zero-order valence-electron chi connectivity index (χ0n) is 24.6. The number of carbonyl (C=O) groups excluding carboxylic acids is 1. The Labute approximate surface area is 261 Å². The van der Waals surface area contributed by atoms with E-state index in [1.807, 2.05) is 6.07 Å². The van der Waals surface area contributed by atoms with Crippen LogP contribution in [0.4, 0.5) is 22.0 Å². The van der Waals surface area contributed by atoms with Gasteiger partial charge in [-0.3, -0.25) is 19.7 Å². The largest absolute Gasteiger partial charge is 0.440 e. The van der Waals surface area contributed by atoms with E-state index in [-0.39, 0.29) is 29.2 Å². The maximum Gasteiger partial charge on any atom is 0.440 e. The summed E-state index contributed by atoms with van der Waals surface area (Å²) in [5.74, 6) is -0.0166. The third-order valence-electron chi connectivity index (χ3n) is 8.46. The first-order valence-electron chi connectivity index (χ1n) is 14.5. The van der Waals surface area contributed by atoms with Crippen molar-refractivity contribution in [3.63, 3.8) is 0 Å². The van der Waals surface area contributed by atoms with Crippen LogP contribution in [0.5, 0.6) is 5.75 Å². The minimum Gasteiger partial charge on any atom is -0.409 e. The van der Waals surface area contributed by atoms with E-state index in [2.05, 4.69) is 44.0 Å². The monoisotopic (exact) mass is 645 g/mol. The molecule has 2 aliphatic rings. The summed E-state index contributed by atoms with van der Waals surface area (Å²) in [6.45, 7) is 9.22.